The van der Waals surface area contributed by atoms with Crippen molar-refractivity contribution >= 4 is 5.91 Å². The number of aromatic nitrogens is 1. The van der Waals surface area contributed by atoms with E-state index in [1.54, 1.807) is 30.6 Å². The summed E-state index contributed by atoms with van der Waals surface area (Å²) >= 11 is 0. The Morgan fingerprint density at radius 1 is 1.27 bits per heavy atom. The van der Waals surface area contributed by atoms with Crippen molar-refractivity contribution in [1.82, 2.24) is 15.6 Å². The quantitative estimate of drug-likeness (QED) is 0.915. The second-order valence-electron chi connectivity index (χ2n) is 5.43. The van der Waals surface area contributed by atoms with Gasteiger partial charge in [0.1, 0.15) is 5.82 Å². The van der Waals surface area contributed by atoms with Gasteiger partial charge in [0.15, 0.2) is 0 Å². The molecule has 4 nitrogen and oxygen atoms in total. The molecule has 0 bridgehead atoms. The van der Waals surface area contributed by atoms with E-state index >= 15 is 0 Å². The largest absolute Gasteiger partial charge is 0.349 e. The van der Waals surface area contributed by atoms with Gasteiger partial charge in [-0.05, 0) is 50.2 Å². The van der Waals surface area contributed by atoms with Gasteiger partial charge in [0.25, 0.3) is 5.91 Å². The summed E-state index contributed by atoms with van der Waals surface area (Å²) in [5, 5.41) is 6.27. The van der Waals surface area contributed by atoms with Crippen LogP contribution in [0, 0.1) is 5.82 Å². The number of amides is 1. The highest BCUT2D eigenvalue weighted by molar-refractivity contribution is 5.95. The van der Waals surface area contributed by atoms with Crippen LogP contribution < -0.4 is 10.6 Å². The maximum absolute atomic E-state index is 14.0. The third-order valence-corrected chi connectivity index (χ3v) is 3.88. The van der Waals surface area contributed by atoms with Gasteiger partial charge in [0.05, 0.1) is 0 Å². The summed E-state index contributed by atoms with van der Waals surface area (Å²) in [5.74, 6) is -0.511. The fourth-order valence-corrected chi connectivity index (χ4v) is 2.64. The fourth-order valence-electron chi connectivity index (χ4n) is 2.64. The molecule has 2 aromatic rings. The molecule has 1 aromatic heterocycles. The number of hydrogen-bond donors (Lipinski definition) is 2. The van der Waals surface area contributed by atoms with Crippen LogP contribution in [0.5, 0.6) is 0 Å². The zero-order valence-electron chi connectivity index (χ0n) is 12.2. The van der Waals surface area contributed by atoms with E-state index in [2.05, 4.69) is 15.6 Å². The Balaban J connectivity index is 1.81. The highest BCUT2D eigenvalue weighted by Gasteiger charge is 2.17. The number of hydrogen-bond acceptors (Lipinski definition) is 3. The van der Waals surface area contributed by atoms with Crippen molar-refractivity contribution in [3.63, 3.8) is 0 Å². The molecule has 3 rings (SSSR count). The average Bonchev–Trinajstić information content (AvgIpc) is 2.57. The van der Waals surface area contributed by atoms with Gasteiger partial charge in [-0.3, -0.25) is 9.78 Å². The fraction of sp³-hybridized carbons (Fsp3) is 0.294. The first-order valence-electron chi connectivity index (χ1n) is 7.45. The lowest BCUT2D eigenvalue weighted by atomic mass is 10.0. The predicted octanol–water partition coefficient (Wildman–Crippen LogP) is 2.37. The van der Waals surface area contributed by atoms with Gasteiger partial charge in [0.2, 0.25) is 0 Å². The van der Waals surface area contributed by atoms with E-state index in [0.717, 1.165) is 25.9 Å². The van der Waals surface area contributed by atoms with E-state index in [1.807, 2.05) is 0 Å². The minimum atomic E-state index is -0.355. The van der Waals surface area contributed by atoms with Crippen LogP contribution in [0.25, 0.3) is 11.1 Å². The van der Waals surface area contributed by atoms with Gasteiger partial charge in [-0.15, -0.1) is 0 Å². The predicted molar refractivity (Wildman–Crippen MR) is 83.0 cm³/mol. The summed E-state index contributed by atoms with van der Waals surface area (Å²) in [6.07, 6.45) is 5.06. The number of carbonyl (C=O) groups excluding carboxylic acids is 1. The molecule has 1 aliphatic heterocycles. The van der Waals surface area contributed by atoms with Crippen molar-refractivity contribution in [3.8, 4) is 11.1 Å². The number of carbonyl (C=O) groups is 1. The number of halogens is 1. The van der Waals surface area contributed by atoms with Crippen LogP contribution in [0.2, 0.25) is 0 Å². The SMILES string of the molecule is O=C(NC1CCNCC1)c1ccc(F)c(-c2cccnc2)c1. The number of pyridine rings is 1. The molecule has 1 aliphatic rings. The Kier molecular flexibility index (Phi) is 4.44. The summed E-state index contributed by atoms with van der Waals surface area (Å²) in [4.78, 5) is 16.3. The van der Waals surface area contributed by atoms with Crippen molar-refractivity contribution in [3.05, 3.63) is 54.1 Å². The van der Waals surface area contributed by atoms with Crippen LogP contribution in [-0.4, -0.2) is 30.0 Å². The number of rotatable bonds is 3. The number of piperidine rings is 1. The third-order valence-electron chi connectivity index (χ3n) is 3.88. The minimum Gasteiger partial charge on any atom is -0.349 e. The van der Waals surface area contributed by atoms with Gasteiger partial charge in [-0.1, -0.05) is 6.07 Å². The van der Waals surface area contributed by atoms with E-state index in [-0.39, 0.29) is 17.8 Å². The van der Waals surface area contributed by atoms with Gasteiger partial charge in [-0.2, -0.15) is 0 Å². The number of nitrogens with zero attached hydrogens (tertiary/aromatic N) is 1. The highest BCUT2D eigenvalue weighted by Crippen LogP contribution is 2.23. The summed E-state index contributed by atoms with van der Waals surface area (Å²) in [5.41, 5.74) is 1.53. The van der Waals surface area contributed by atoms with E-state index in [1.165, 1.54) is 12.1 Å². The third kappa shape index (κ3) is 3.31. The van der Waals surface area contributed by atoms with Crippen molar-refractivity contribution in [2.45, 2.75) is 18.9 Å². The monoisotopic (exact) mass is 299 g/mol. The molecular weight excluding hydrogens is 281 g/mol. The molecule has 5 heteroatoms. The molecule has 0 spiro atoms. The molecule has 0 radical (unpaired) electrons. The van der Waals surface area contributed by atoms with Crippen LogP contribution in [-0.2, 0) is 0 Å². The zero-order chi connectivity index (χ0) is 15.4. The van der Waals surface area contributed by atoms with Crippen LogP contribution in [0.4, 0.5) is 4.39 Å². The molecule has 22 heavy (non-hydrogen) atoms. The van der Waals surface area contributed by atoms with Gasteiger partial charge in [-0.25, -0.2) is 4.39 Å². The summed E-state index contributed by atoms with van der Waals surface area (Å²) in [7, 11) is 0. The first kappa shape index (κ1) is 14.7. The van der Waals surface area contributed by atoms with Gasteiger partial charge in [0, 0.05) is 35.1 Å². The Morgan fingerprint density at radius 3 is 2.82 bits per heavy atom. The maximum atomic E-state index is 14.0. The molecule has 2 heterocycles. The van der Waals surface area contributed by atoms with E-state index < -0.39 is 0 Å². The smallest absolute Gasteiger partial charge is 0.251 e. The molecule has 0 saturated carbocycles. The first-order chi connectivity index (χ1) is 10.7. The van der Waals surface area contributed by atoms with Crippen LogP contribution >= 0.6 is 0 Å². The minimum absolute atomic E-state index is 0.156. The lowest BCUT2D eigenvalue weighted by Gasteiger charge is -2.23. The van der Waals surface area contributed by atoms with E-state index in [0.29, 0.717) is 16.7 Å². The van der Waals surface area contributed by atoms with Gasteiger partial charge >= 0.3 is 0 Å². The molecule has 0 unspecified atom stereocenters. The topological polar surface area (TPSA) is 54.0 Å². The van der Waals surface area contributed by atoms with Crippen molar-refractivity contribution in [2.75, 3.05) is 13.1 Å². The lowest BCUT2D eigenvalue weighted by Crippen LogP contribution is -2.42. The lowest BCUT2D eigenvalue weighted by molar-refractivity contribution is 0.0929. The normalized spacial score (nSPS) is 15.5. The molecule has 1 fully saturated rings. The molecule has 0 aliphatic carbocycles. The van der Waals surface area contributed by atoms with E-state index in [4.69, 9.17) is 0 Å². The molecular formula is C17H18FN3O. The Labute approximate surface area is 128 Å². The van der Waals surface area contributed by atoms with Crippen molar-refractivity contribution in [1.29, 1.82) is 0 Å². The van der Waals surface area contributed by atoms with Crippen LogP contribution in [0.1, 0.15) is 23.2 Å². The Morgan fingerprint density at radius 2 is 2.09 bits per heavy atom. The van der Waals surface area contributed by atoms with E-state index in [9.17, 15) is 9.18 Å². The standard InChI is InChI=1S/C17H18FN3O/c18-16-4-3-12(10-15(16)13-2-1-7-20-11-13)17(22)21-14-5-8-19-9-6-14/h1-4,7,10-11,14,19H,5-6,8-9H2,(H,21,22). The Bertz CT molecular complexity index is 654. The van der Waals surface area contributed by atoms with Crippen molar-refractivity contribution in [2.24, 2.45) is 0 Å². The van der Waals surface area contributed by atoms with Crippen LogP contribution in [0.3, 0.4) is 0 Å². The summed E-state index contributed by atoms with van der Waals surface area (Å²) < 4.78 is 14.0. The molecule has 2 N–H and O–H groups in total. The maximum Gasteiger partial charge on any atom is 0.251 e. The molecule has 0 atom stereocenters. The van der Waals surface area contributed by atoms with Crippen molar-refractivity contribution < 1.29 is 9.18 Å². The Hall–Kier alpha value is -2.27. The average molecular weight is 299 g/mol. The second-order valence-corrected chi connectivity index (χ2v) is 5.43. The summed E-state index contributed by atoms with van der Waals surface area (Å²) in [6, 6.07) is 8.14. The second kappa shape index (κ2) is 6.66. The van der Waals surface area contributed by atoms with Crippen LogP contribution in [0.15, 0.2) is 42.7 Å². The number of nitrogens with one attached hydrogen (secondary N) is 2. The first-order valence-corrected chi connectivity index (χ1v) is 7.45. The van der Waals surface area contributed by atoms with Gasteiger partial charge < -0.3 is 10.6 Å². The molecule has 1 amide bonds. The molecule has 114 valence electrons. The highest BCUT2D eigenvalue weighted by atomic mass is 19.1. The summed E-state index contributed by atoms with van der Waals surface area (Å²) in [6.45, 7) is 1.82. The zero-order valence-corrected chi connectivity index (χ0v) is 12.2. The number of benzene rings is 1. The molecule has 1 saturated heterocycles. The molecule has 1 aromatic carbocycles.